The van der Waals surface area contributed by atoms with Gasteiger partial charge in [0.25, 0.3) is 0 Å². The highest BCUT2D eigenvalue weighted by molar-refractivity contribution is 5.67. The van der Waals surface area contributed by atoms with E-state index < -0.39 is 0 Å². The van der Waals surface area contributed by atoms with Gasteiger partial charge in [0.15, 0.2) is 0 Å². The van der Waals surface area contributed by atoms with E-state index in [9.17, 15) is 0 Å². The summed E-state index contributed by atoms with van der Waals surface area (Å²) in [5.41, 5.74) is 10.6. The molecule has 0 bridgehead atoms. The summed E-state index contributed by atoms with van der Waals surface area (Å²) in [6.45, 7) is 8.67. The SMILES string of the molecule is Cc1c(N)nc(C2CC2)nc1-c1ccc(C(C)(C)C)cc1. The molecule has 3 rings (SSSR count). The first-order valence-electron chi connectivity index (χ1n) is 7.61. The number of anilines is 1. The molecule has 1 heterocycles. The molecular weight excluding hydrogens is 258 g/mol. The average Bonchev–Trinajstić information content (AvgIpc) is 3.25. The molecular formula is C18H23N3. The molecule has 0 saturated heterocycles. The van der Waals surface area contributed by atoms with E-state index >= 15 is 0 Å². The Morgan fingerprint density at radius 2 is 1.67 bits per heavy atom. The summed E-state index contributed by atoms with van der Waals surface area (Å²) in [4.78, 5) is 9.21. The van der Waals surface area contributed by atoms with Gasteiger partial charge in [0.05, 0.1) is 5.69 Å². The standard InChI is InChI=1S/C18H23N3/c1-11-15(20-17(13-5-6-13)21-16(11)19)12-7-9-14(10-8-12)18(2,3)4/h7-10,13H,5-6H2,1-4H3,(H2,19,20,21). The molecule has 1 aliphatic carbocycles. The second-order valence-corrected chi connectivity index (χ2v) is 7.04. The van der Waals surface area contributed by atoms with Crippen LogP contribution >= 0.6 is 0 Å². The largest absolute Gasteiger partial charge is 0.383 e. The van der Waals surface area contributed by atoms with Crippen molar-refractivity contribution in [1.29, 1.82) is 0 Å². The lowest BCUT2D eigenvalue weighted by Crippen LogP contribution is -2.10. The first-order chi connectivity index (χ1) is 9.86. The van der Waals surface area contributed by atoms with Gasteiger partial charge in [0.2, 0.25) is 0 Å². The van der Waals surface area contributed by atoms with Crippen LogP contribution in [0, 0.1) is 6.92 Å². The first-order valence-corrected chi connectivity index (χ1v) is 7.61. The summed E-state index contributed by atoms with van der Waals surface area (Å²) in [5.74, 6) is 2.04. The molecule has 2 N–H and O–H groups in total. The van der Waals surface area contributed by atoms with Gasteiger partial charge < -0.3 is 5.73 Å². The molecule has 0 atom stereocenters. The van der Waals surface area contributed by atoms with Gasteiger partial charge in [-0.05, 0) is 30.7 Å². The van der Waals surface area contributed by atoms with Crippen LogP contribution < -0.4 is 5.73 Å². The molecule has 3 nitrogen and oxygen atoms in total. The summed E-state index contributed by atoms with van der Waals surface area (Å²) >= 11 is 0. The Labute approximate surface area is 126 Å². The third-order valence-corrected chi connectivity index (χ3v) is 4.17. The minimum absolute atomic E-state index is 0.164. The van der Waals surface area contributed by atoms with E-state index in [1.165, 1.54) is 18.4 Å². The number of rotatable bonds is 2. The Bertz CT molecular complexity index is 662. The summed E-state index contributed by atoms with van der Waals surface area (Å²) in [5, 5.41) is 0. The van der Waals surface area contributed by atoms with E-state index in [4.69, 9.17) is 10.7 Å². The second-order valence-electron chi connectivity index (χ2n) is 7.04. The molecule has 3 heteroatoms. The Morgan fingerprint density at radius 3 is 2.19 bits per heavy atom. The van der Waals surface area contributed by atoms with Crippen molar-refractivity contribution in [3.8, 4) is 11.3 Å². The van der Waals surface area contributed by atoms with Crippen molar-refractivity contribution >= 4 is 5.82 Å². The van der Waals surface area contributed by atoms with E-state index in [-0.39, 0.29) is 5.41 Å². The monoisotopic (exact) mass is 281 g/mol. The predicted octanol–water partition coefficient (Wildman–Crippen LogP) is 4.21. The smallest absolute Gasteiger partial charge is 0.134 e. The molecule has 1 saturated carbocycles. The van der Waals surface area contributed by atoms with Gasteiger partial charge in [-0.2, -0.15) is 0 Å². The fourth-order valence-electron chi connectivity index (χ4n) is 2.49. The maximum absolute atomic E-state index is 6.07. The van der Waals surface area contributed by atoms with Crippen LogP contribution in [0.4, 0.5) is 5.82 Å². The second kappa shape index (κ2) is 4.83. The van der Waals surface area contributed by atoms with Crippen molar-refractivity contribution in [3.63, 3.8) is 0 Å². The topological polar surface area (TPSA) is 51.8 Å². The third-order valence-electron chi connectivity index (χ3n) is 4.17. The fourth-order valence-corrected chi connectivity index (χ4v) is 2.49. The Hall–Kier alpha value is -1.90. The summed E-state index contributed by atoms with van der Waals surface area (Å²) in [6, 6.07) is 8.66. The quantitative estimate of drug-likeness (QED) is 0.897. The maximum atomic E-state index is 6.07. The molecule has 1 aromatic carbocycles. The van der Waals surface area contributed by atoms with Crippen LogP contribution in [-0.2, 0) is 5.41 Å². The van der Waals surface area contributed by atoms with E-state index in [0.29, 0.717) is 11.7 Å². The molecule has 1 aromatic heterocycles. The van der Waals surface area contributed by atoms with Gasteiger partial charge in [-0.25, -0.2) is 9.97 Å². The first kappa shape index (κ1) is 14.1. The van der Waals surface area contributed by atoms with Crippen LogP contribution in [-0.4, -0.2) is 9.97 Å². The molecule has 110 valence electrons. The molecule has 0 aliphatic heterocycles. The number of hydrogen-bond donors (Lipinski definition) is 1. The van der Waals surface area contributed by atoms with Crippen LogP contribution in [0.2, 0.25) is 0 Å². The van der Waals surface area contributed by atoms with Crippen LogP contribution in [0.15, 0.2) is 24.3 Å². The minimum atomic E-state index is 0.164. The fraction of sp³-hybridized carbons (Fsp3) is 0.444. The van der Waals surface area contributed by atoms with E-state index in [1.807, 2.05) is 6.92 Å². The number of benzene rings is 1. The highest BCUT2D eigenvalue weighted by Crippen LogP contribution is 2.39. The number of hydrogen-bond acceptors (Lipinski definition) is 3. The van der Waals surface area contributed by atoms with Crippen molar-refractivity contribution < 1.29 is 0 Å². The minimum Gasteiger partial charge on any atom is -0.383 e. The van der Waals surface area contributed by atoms with Crippen molar-refractivity contribution in [2.75, 3.05) is 5.73 Å². The van der Waals surface area contributed by atoms with Gasteiger partial charge in [-0.15, -0.1) is 0 Å². The normalized spacial score (nSPS) is 15.2. The zero-order valence-electron chi connectivity index (χ0n) is 13.3. The molecule has 21 heavy (non-hydrogen) atoms. The lowest BCUT2D eigenvalue weighted by molar-refractivity contribution is 0.590. The lowest BCUT2D eigenvalue weighted by atomic mass is 9.86. The van der Waals surface area contributed by atoms with Crippen LogP contribution in [0.25, 0.3) is 11.3 Å². The molecule has 1 fully saturated rings. The van der Waals surface area contributed by atoms with Gasteiger partial charge in [0.1, 0.15) is 11.6 Å². The number of nitrogens with two attached hydrogens (primary N) is 1. The van der Waals surface area contributed by atoms with Gasteiger partial charge in [0, 0.05) is 17.0 Å². The predicted molar refractivity (Wildman–Crippen MR) is 87.3 cm³/mol. The molecule has 0 radical (unpaired) electrons. The molecule has 0 amide bonds. The van der Waals surface area contributed by atoms with Gasteiger partial charge >= 0.3 is 0 Å². The van der Waals surface area contributed by atoms with Crippen LogP contribution in [0.3, 0.4) is 0 Å². The highest BCUT2D eigenvalue weighted by Gasteiger charge is 2.28. The van der Waals surface area contributed by atoms with Crippen molar-refractivity contribution in [2.45, 2.75) is 51.9 Å². The molecule has 2 aromatic rings. The summed E-state index contributed by atoms with van der Waals surface area (Å²) in [7, 11) is 0. The summed E-state index contributed by atoms with van der Waals surface area (Å²) < 4.78 is 0. The average molecular weight is 281 g/mol. The van der Waals surface area contributed by atoms with Crippen molar-refractivity contribution in [2.24, 2.45) is 0 Å². The van der Waals surface area contributed by atoms with Crippen molar-refractivity contribution in [1.82, 2.24) is 9.97 Å². The van der Waals surface area contributed by atoms with Gasteiger partial charge in [-0.3, -0.25) is 0 Å². The van der Waals surface area contributed by atoms with E-state index in [1.54, 1.807) is 0 Å². The zero-order chi connectivity index (χ0) is 15.2. The van der Waals surface area contributed by atoms with Crippen molar-refractivity contribution in [3.05, 3.63) is 41.2 Å². The van der Waals surface area contributed by atoms with Crippen LogP contribution in [0.1, 0.15) is 56.5 Å². The zero-order valence-corrected chi connectivity index (χ0v) is 13.3. The van der Waals surface area contributed by atoms with E-state index in [2.05, 4.69) is 50.0 Å². The van der Waals surface area contributed by atoms with Gasteiger partial charge in [-0.1, -0.05) is 45.0 Å². The molecule has 0 spiro atoms. The molecule has 1 aliphatic rings. The Morgan fingerprint density at radius 1 is 1.05 bits per heavy atom. The number of nitrogens with zero attached hydrogens (tertiary/aromatic N) is 2. The lowest BCUT2D eigenvalue weighted by Gasteiger charge is -2.19. The Kier molecular flexibility index (Phi) is 3.23. The maximum Gasteiger partial charge on any atom is 0.134 e. The Balaban J connectivity index is 2.03. The highest BCUT2D eigenvalue weighted by atomic mass is 15.0. The van der Waals surface area contributed by atoms with Crippen LogP contribution in [0.5, 0.6) is 0 Å². The number of aromatic nitrogens is 2. The molecule has 0 unspecified atom stereocenters. The summed E-state index contributed by atoms with van der Waals surface area (Å²) in [6.07, 6.45) is 2.37. The van der Waals surface area contributed by atoms with E-state index in [0.717, 1.165) is 22.6 Å². The third kappa shape index (κ3) is 2.78. The number of nitrogen functional groups attached to an aromatic ring is 1.